The zero-order valence-electron chi connectivity index (χ0n) is 8.61. The molecule has 0 spiro atoms. The van der Waals surface area contributed by atoms with E-state index in [2.05, 4.69) is 25.9 Å². The molecule has 0 aliphatic carbocycles. The minimum Gasteiger partial charge on any atom is -0.436 e. The van der Waals surface area contributed by atoms with Crippen LogP contribution in [0.2, 0.25) is 0 Å². The Morgan fingerprint density at radius 3 is 2.88 bits per heavy atom. The van der Waals surface area contributed by atoms with Crippen LogP contribution in [0.15, 0.2) is 33.8 Å². The molecule has 0 bridgehead atoms. The first kappa shape index (κ1) is 11.5. The third-order valence-corrected chi connectivity index (χ3v) is 2.67. The molecule has 5 N–H and O–H groups in total. The van der Waals surface area contributed by atoms with Crippen LogP contribution in [0.3, 0.4) is 0 Å². The van der Waals surface area contributed by atoms with Gasteiger partial charge in [-0.15, -0.1) is 0 Å². The fraction of sp³-hybridized carbons (Fsp3) is 0. The Bertz CT molecular complexity index is 611. The van der Waals surface area contributed by atoms with Gasteiger partial charge in [0.1, 0.15) is 5.75 Å². The molecular weight excluding hydrogens is 288 g/mol. The third kappa shape index (κ3) is 2.39. The van der Waals surface area contributed by atoms with E-state index in [1.165, 1.54) is 6.33 Å². The smallest absolute Gasteiger partial charge is 0.277 e. The second kappa shape index (κ2) is 4.46. The normalized spacial score (nSPS) is 10.2. The number of rotatable bonds is 2. The van der Waals surface area contributed by atoms with Crippen LogP contribution in [0.1, 0.15) is 0 Å². The molecule has 2 rings (SSSR count). The van der Waals surface area contributed by atoms with Crippen LogP contribution in [-0.2, 0) is 0 Å². The van der Waals surface area contributed by atoms with Gasteiger partial charge in [0.15, 0.2) is 5.69 Å². The number of benzene rings is 1. The number of aromatic nitrogens is 2. The second-order valence-electron chi connectivity index (χ2n) is 3.24. The summed E-state index contributed by atoms with van der Waals surface area (Å²) in [5.74, 6) is 0.481. The van der Waals surface area contributed by atoms with Crippen LogP contribution in [0.4, 0.5) is 11.4 Å². The van der Waals surface area contributed by atoms with Gasteiger partial charge in [0.05, 0.1) is 10.8 Å². The minimum atomic E-state index is -0.449. The SMILES string of the molecule is Nc1ccc(Br)c(Oc2nc[nH]c(=O)c2N)c1. The van der Waals surface area contributed by atoms with Crippen molar-refractivity contribution >= 4 is 27.3 Å². The van der Waals surface area contributed by atoms with E-state index in [0.29, 0.717) is 15.9 Å². The number of halogens is 1. The molecule has 0 saturated carbocycles. The first-order chi connectivity index (χ1) is 8.08. The van der Waals surface area contributed by atoms with Crippen molar-refractivity contribution in [3.63, 3.8) is 0 Å². The second-order valence-corrected chi connectivity index (χ2v) is 4.10. The van der Waals surface area contributed by atoms with Crippen molar-refractivity contribution in [1.29, 1.82) is 0 Å². The Kier molecular flexibility index (Phi) is 3.01. The van der Waals surface area contributed by atoms with Crippen molar-refractivity contribution in [2.45, 2.75) is 0 Å². The van der Waals surface area contributed by atoms with E-state index in [9.17, 15) is 4.79 Å². The van der Waals surface area contributed by atoms with Gasteiger partial charge in [0.2, 0.25) is 5.88 Å². The van der Waals surface area contributed by atoms with Crippen LogP contribution >= 0.6 is 15.9 Å². The lowest BCUT2D eigenvalue weighted by Crippen LogP contribution is -2.13. The lowest BCUT2D eigenvalue weighted by molar-refractivity contribution is 0.461. The highest BCUT2D eigenvalue weighted by molar-refractivity contribution is 9.10. The summed E-state index contributed by atoms with van der Waals surface area (Å²) >= 11 is 3.30. The minimum absolute atomic E-state index is 0.0417. The van der Waals surface area contributed by atoms with Crippen LogP contribution in [0.25, 0.3) is 0 Å². The summed E-state index contributed by atoms with van der Waals surface area (Å²) in [6.07, 6.45) is 1.22. The van der Waals surface area contributed by atoms with Gasteiger partial charge in [-0.05, 0) is 28.1 Å². The maximum atomic E-state index is 11.2. The molecule has 1 aromatic heterocycles. The Hall–Kier alpha value is -2.02. The van der Waals surface area contributed by atoms with E-state index in [-0.39, 0.29) is 11.6 Å². The largest absolute Gasteiger partial charge is 0.436 e. The van der Waals surface area contributed by atoms with Crippen molar-refractivity contribution < 1.29 is 4.74 Å². The maximum absolute atomic E-state index is 11.2. The van der Waals surface area contributed by atoms with E-state index in [1.54, 1.807) is 18.2 Å². The Balaban J connectivity index is 2.41. The Morgan fingerprint density at radius 2 is 2.12 bits per heavy atom. The zero-order chi connectivity index (χ0) is 12.4. The summed E-state index contributed by atoms with van der Waals surface area (Å²) in [6.45, 7) is 0. The number of H-pyrrole nitrogens is 1. The highest BCUT2D eigenvalue weighted by Gasteiger charge is 2.09. The molecule has 0 saturated heterocycles. The van der Waals surface area contributed by atoms with Gasteiger partial charge in [0, 0.05) is 11.8 Å². The summed E-state index contributed by atoms with van der Waals surface area (Å²) in [7, 11) is 0. The molecule has 1 aromatic carbocycles. The summed E-state index contributed by atoms with van der Waals surface area (Å²) in [5, 5.41) is 0. The maximum Gasteiger partial charge on any atom is 0.277 e. The average Bonchev–Trinajstić information content (AvgIpc) is 2.30. The topological polar surface area (TPSA) is 107 Å². The van der Waals surface area contributed by atoms with Gasteiger partial charge in [0.25, 0.3) is 5.56 Å². The first-order valence-corrected chi connectivity index (χ1v) is 5.43. The van der Waals surface area contributed by atoms with Gasteiger partial charge in [-0.3, -0.25) is 4.79 Å². The number of nitrogens with two attached hydrogens (primary N) is 2. The van der Waals surface area contributed by atoms with Crippen LogP contribution < -0.4 is 21.8 Å². The van der Waals surface area contributed by atoms with Gasteiger partial charge < -0.3 is 21.2 Å². The van der Waals surface area contributed by atoms with Gasteiger partial charge in [-0.1, -0.05) is 0 Å². The summed E-state index contributed by atoms with van der Waals surface area (Å²) in [4.78, 5) is 17.4. The lowest BCUT2D eigenvalue weighted by atomic mass is 10.3. The molecule has 0 aliphatic heterocycles. The lowest BCUT2D eigenvalue weighted by Gasteiger charge is -2.08. The molecular formula is C10H9BrN4O2. The highest BCUT2D eigenvalue weighted by Crippen LogP contribution is 2.31. The number of anilines is 2. The molecule has 6 nitrogen and oxygen atoms in total. The molecule has 2 aromatic rings. The van der Waals surface area contributed by atoms with Crippen molar-refractivity contribution in [1.82, 2.24) is 9.97 Å². The average molecular weight is 297 g/mol. The molecule has 0 radical (unpaired) electrons. The standard InChI is InChI=1S/C10H9BrN4O2/c11-6-2-1-5(12)3-7(6)17-10-8(13)9(16)14-4-15-10/h1-4H,12-13H2,(H,14,15,16). The van der Waals surface area contributed by atoms with E-state index >= 15 is 0 Å². The quantitative estimate of drug-likeness (QED) is 0.728. The van der Waals surface area contributed by atoms with Gasteiger partial charge in [-0.25, -0.2) is 4.98 Å². The summed E-state index contributed by atoms with van der Waals surface area (Å²) < 4.78 is 6.11. The molecule has 17 heavy (non-hydrogen) atoms. The fourth-order valence-electron chi connectivity index (χ4n) is 1.18. The van der Waals surface area contributed by atoms with Gasteiger partial charge >= 0.3 is 0 Å². The number of aromatic amines is 1. The van der Waals surface area contributed by atoms with E-state index in [0.717, 1.165) is 0 Å². The Labute approximate surface area is 105 Å². The predicted molar refractivity (Wildman–Crippen MR) is 67.9 cm³/mol. The predicted octanol–water partition coefficient (Wildman–Crippen LogP) is 1.49. The molecule has 7 heteroatoms. The van der Waals surface area contributed by atoms with Crippen molar-refractivity contribution in [2.24, 2.45) is 0 Å². The summed E-state index contributed by atoms with van der Waals surface area (Å²) in [6, 6.07) is 5.05. The number of ether oxygens (including phenoxy) is 1. The number of hydrogen-bond acceptors (Lipinski definition) is 5. The Morgan fingerprint density at radius 1 is 1.35 bits per heavy atom. The molecule has 0 atom stereocenters. The van der Waals surface area contributed by atoms with Gasteiger partial charge in [-0.2, -0.15) is 0 Å². The molecule has 0 fully saturated rings. The van der Waals surface area contributed by atoms with E-state index < -0.39 is 5.56 Å². The molecule has 0 aliphatic rings. The van der Waals surface area contributed by atoms with Crippen LogP contribution in [0.5, 0.6) is 11.6 Å². The number of nitrogens with one attached hydrogen (secondary N) is 1. The van der Waals surface area contributed by atoms with E-state index in [4.69, 9.17) is 16.2 Å². The van der Waals surface area contributed by atoms with E-state index in [1.807, 2.05) is 0 Å². The van der Waals surface area contributed by atoms with Crippen LogP contribution in [0, 0.1) is 0 Å². The van der Waals surface area contributed by atoms with Crippen molar-refractivity contribution in [3.05, 3.63) is 39.4 Å². The highest BCUT2D eigenvalue weighted by atomic mass is 79.9. The first-order valence-electron chi connectivity index (χ1n) is 4.64. The molecule has 0 unspecified atom stereocenters. The molecule has 0 amide bonds. The molecule has 88 valence electrons. The monoisotopic (exact) mass is 296 g/mol. The number of nitrogens with zero attached hydrogens (tertiary/aromatic N) is 1. The third-order valence-electron chi connectivity index (χ3n) is 2.01. The fourth-order valence-corrected chi connectivity index (χ4v) is 1.51. The number of nitrogen functional groups attached to an aromatic ring is 2. The zero-order valence-corrected chi connectivity index (χ0v) is 10.2. The molecule has 1 heterocycles. The van der Waals surface area contributed by atoms with Crippen molar-refractivity contribution in [2.75, 3.05) is 11.5 Å². The summed E-state index contributed by atoms with van der Waals surface area (Å²) in [5.41, 5.74) is 11.2. The number of hydrogen-bond donors (Lipinski definition) is 3. The van der Waals surface area contributed by atoms with Crippen molar-refractivity contribution in [3.8, 4) is 11.6 Å². The van der Waals surface area contributed by atoms with Crippen LogP contribution in [-0.4, -0.2) is 9.97 Å².